The first-order valence-electron chi connectivity index (χ1n) is 6.73. The number of halogens is 1. The molecule has 2 rings (SSSR count). The number of ether oxygens (including phenoxy) is 2. The molecule has 2 aromatic carbocycles. The lowest BCUT2D eigenvalue weighted by Gasteiger charge is -2.09. The number of hydrogen-bond donors (Lipinski definition) is 0. The van der Waals surface area contributed by atoms with E-state index in [1.54, 1.807) is 0 Å². The Morgan fingerprint density at radius 3 is 2.52 bits per heavy atom. The highest BCUT2D eigenvalue weighted by Crippen LogP contribution is 2.16. The van der Waals surface area contributed by atoms with Crippen LogP contribution < -0.4 is 4.74 Å². The van der Waals surface area contributed by atoms with E-state index in [2.05, 4.69) is 15.9 Å². The summed E-state index contributed by atoms with van der Waals surface area (Å²) < 4.78 is 11.8. The molecule has 0 aromatic heterocycles. The van der Waals surface area contributed by atoms with Crippen molar-refractivity contribution in [3.05, 3.63) is 64.1 Å². The number of para-hydroxylation sites is 1. The number of carbonyl (C=O) groups is 1. The Labute approximate surface area is 133 Å². The molecule has 4 heteroatoms. The standard InChI is InChI=1S/C17H17BrO3/c1-13-4-2-3-5-16(13)20-11-10-17(19)21-12-14-6-8-15(18)9-7-14/h2-9H,10-12H2,1H3. The Morgan fingerprint density at radius 2 is 1.81 bits per heavy atom. The summed E-state index contributed by atoms with van der Waals surface area (Å²) in [6.07, 6.45) is 0.241. The van der Waals surface area contributed by atoms with Crippen LogP contribution in [0.4, 0.5) is 0 Å². The molecule has 0 atom stereocenters. The van der Waals surface area contributed by atoms with E-state index in [4.69, 9.17) is 9.47 Å². The fraction of sp³-hybridized carbons (Fsp3) is 0.235. The molecule has 0 N–H and O–H groups in total. The number of benzene rings is 2. The van der Waals surface area contributed by atoms with Crippen LogP contribution in [0.3, 0.4) is 0 Å². The molecule has 0 amide bonds. The average molecular weight is 349 g/mol. The second-order valence-electron chi connectivity index (χ2n) is 4.65. The van der Waals surface area contributed by atoms with Gasteiger partial charge in [-0.15, -0.1) is 0 Å². The van der Waals surface area contributed by atoms with Crippen LogP contribution >= 0.6 is 15.9 Å². The van der Waals surface area contributed by atoms with E-state index in [9.17, 15) is 4.79 Å². The van der Waals surface area contributed by atoms with Crippen molar-refractivity contribution >= 4 is 21.9 Å². The molecule has 0 aliphatic rings. The van der Waals surface area contributed by atoms with Crippen molar-refractivity contribution in [2.75, 3.05) is 6.61 Å². The van der Waals surface area contributed by atoms with Crippen molar-refractivity contribution in [3.63, 3.8) is 0 Å². The van der Waals surface area contributed by atoms with Gasteiger partial charge in [0.2, 0.25) is 0 Å². The molecule has 0 bridgehead atoms. The van der Waals surface area contributed by atoms with Crippen LogP contribution in [0.5, 0.6) is 5.75 Å². The third-order valence-electron chi connectivity index (χ3n) is 2.97. The molecule has 0 aliphatic carbocycles. The van der Waals surface area contributed by atoms with E-state index in [1.807, 2.05) is 55.5 Å². The van der Waals surface area contributed by atoms with E-state index in [1.165, 1.54) is 0 Å². The first kappa shape index (κ1) is 15.6. The van der Waals surface area contributed by atoms with Gasteiger partial charge >= 0.3 is 5.97 Å². The molecule has 2 aromatic rings. The predicted molar refractivity (Wildman–Crippen MR) is 85.2 cm³/mol. The molecule has 0 radical (unpaired) electrons. The normalized spacial score (nSPS) is 10.2. The highest BCUT2D eigenvalue weighted by Gasteiger charge is 2.05. The van der Waals surface area contributed by atoms with Gasteiger partial charge in [-0.1, -0.05) is 46.3 Å². The fourth-order valence-corrected chi connectivity index (χ4v) is 2.04. The zero-order valence-electron chi connectivity index (χ0n) is 11.8. The second-order valence-corrected chi connectivity index (χ2v) is 5.57. The Kier molecular flexibility index (Phi) is 5.81. The summed E-state index contributed by atoms with van der Waals surface area (Å²) in [4.78, 5) is 11.6. The predicted octanol–water partition coefficient (Wildman–Crippen LogP) is 4.27. The monoisotopic (exact) mass is 348 g/mol. The minimum absolute atomic E-state index is 0.241. The van der Waals surface area contributed by atoms with Crippen molar-refractivity contribution in [3.8, 4) is 5.75 Å². The van der Waals surface area contributed by atoms with E-state index >= 15 is 0 Å². The summed E-state index contributed by atoms with van der Waals surface area (Å²) in [5.41, 5.74) is 2.02. The van der Waals surface area contributed by atoms with Crippen LogP contribution in [0, 0.1) is 6.92 Å². The van der Waals surface area contributed by atoms with Gasteiger partial charge in [0.1, 0.15) is 12.4 Å². The fourth-order valence-electron chi connectivity index (χ4n) is 1.78. The summed E-state index contributed by atoms with van der Waals surface area (Å²) in [5, 5.41) is 0. The van der Waals surface area contributed by atoms with Gasteiger partial charge in [0.25, 0.3) is 0 Å². The molecule has 0 heterocycles. The number of hydrogen-bond acceptors (Lipinski definition) is 3. The molecule has 110 valence electrons. The maximum atomic E-state index is 11.6. The van der Waals surface area contributed by atoms with Gasteiger partial charge < -0.3 is 9.47 Å². The number of carbonyl (C=O) groups excluding carboxylic acids is 1. The number of aryl methyl sites for hydroxylation is 1. The van der Waals surface area contributed by atoms with E-state index < -0.39 is 0 Å². The molecular weight excluding hydrogens is 332 g/mol. The van der Waals surface area contributed by atoms with Gasteiger partial charge in [-0.3, -0.25) is 4.79 Å². The quantitative estimate of drug-likeness (QED) is 0.731. The molecule has 0 saturated heterocycles. The lowest BCUT2D eigenvalue weighted by atomic mass is 10.2. The van der Waals surface area contributed by atoms with Crippen molar-refractivity contribution in [2.45, 2.75) is 20.0 Å². The molecule has 21 heavy (non-hydrogen) atoms. The van der Waals surface area contributed by atoms with Crippen molar-refractivity contribution < 1.29 is 14.3 Å². The summed E-state index contributed by atoms with van der Waals surface area (Å²) in [6, 6.07) is 15.4. The van der Waals surface area contributed by atoms with E-state index in [0.717, 1.165) is 21.3 Å². The summed E-state index contributed by atoms with van der Waals surface area (Å²) in [5.74, 6) is 0.546. The second kappa shape index (κ2) is 7.84. The van der Waals surface area contributed by atoms with Crippen LogP contribution in [0.1, 0.15) is 17.5 Å². The first-order valence-corrected chi connectivity index (χ1v) is 7.53. The average Bonchev–Trinajstić information content (AvgIpc) is 2.49. The highest BCUT2D eigenvalue weighted by molar-refractivity contribution is 9.10. The molecule has 3 nitrogen and oxygen atoms in total. The van der Waals surface area contributed by atoms with Gasteiger partial charge in [0, 0.05) is 4.47 Å². The lowest BCUT2D eigenvalue weighted by Crippen LogP contribution is -2.10. The topological polar surface area (TPSA) is 35.5 Å². The minimum atomic E-state index is -0.258. The Morgan fingerprint density at radius 1 is 1.10 bits per heavy atom. The summed E-state index contributed by atoms with van der Waals surface area (Å²) >= 11 is 3.36. The van der Waals surface area contributed by atoms with Gasteiger partial charge in [-0.25, -0.2) is 0 Å². The minimum Gasteiger partial charge on any atom is -0.493 e. The maximum Gasteiger partial charge on any atom is 0.309 e. The smallest absolute Gasteiger partial charge is 0.309 e. The van der Waals surface area contributed by atoms with Gasteiger partial charge in [-0.05, 0) is 36.2 Å². The number of esters is 1. The molecular formula is C17H17BrO3. The number of rotatable bonds is 6. The van der Waals surface area contributed by atoms with Crippen LogP contribution in [0.2, 0.25) is 0 Å². The maximum absolute atomic E-state index is 11.6. The van der Waals surface area contributed by atoms with Gasteiger partial charge in [0.15, 0.2) is 0 Å². The summed E-state index contributed by atoms with van der Waals surface area (Å²) in [6.45, 7) is 2.59. The third kappa shape index (κ3) is 5.23. The van der Waals surface area contributed by atoms with Crippen molar-refractivity contribution in [1.29, 1.82) is 0 Å². The third-order valence-corrected chi connectivity index (χ3v) is 3.50. The molecule has 0 saturated carbocycles. The first-order chi connectivity index (χ1) is 10.1. The van der Waals surface area contributed by atoms with E-state index in [0.29, 0.717) is 6.61 Å². The Balaban J connectivity index is 1.70. The lowest BCUT2D eigenvalue weighted by molar-refractivity contribution is -0.145. The molecule has 0 spiro atoms. The SMILES string of the molecule is Cc1ccccc1OCCC(=O)OCc1ccc(Br)cc1. The van der Waals surface area contributed by atoms with Crippen LogP contribution in [-0.4, -0.2) is 12.6 Å². The van der Waals surface area contributed by atoms with Crippen molar-refractivity contribution in [2.24, 2.45) is 0 Å². The molecule has 0 unspecified atom stereocenters. The van der Waals surface area contributed by atoms with Crippen LogP contribution in [0.25, 0.3) is 0 Å². The van der Waals surface area contributed by atoms with Crippen molar-refractivity contribution in [1.82, 2.24) is 0 Å². The summed E-state index contributed by atoms with van der Waals surface area (Å²) in [7, 11) is 0. The van der Waals surface area contributed by atoms with Crippen LogP contribution in [0.15, 0.2) is 53.0 Å². The van der Waals surface area contributed by atoms with Gasteiger partial charge in [-0.2, -0.15) is 0 Å². The Hall–Kier alpha value is -1.81. The highest BCUT2D eigenvalue weighted by atomic mass is 79.9. The largest absolute Gasteiger partial charge is 0.493 e. The Bertz CT molecular complexity index is 593. The van der Waals surface area contributed by atoms with Crippen LogP contribution in [-0.2, 0) is 16.1 Å². The zero-order chi connectivity index (χ0) is 15.1. The van der Waals surface area contributed by atoms with E-state index in [-0.39, 0.29) is 19.0 Å². The molecule has 0 fully saturated rings. The molecule has 0 aliphatic heterocycles. The zero-order valence-corrected chi connectivity index (χ0v) is 13.4. The van der Waals surface area contributed by atoms with Gasteiger partial charge in [0.05, 0.1) is 13.0 Å².